The van der Waals surface area contributed by atoms with E-state index in [0.29, 0.717) is 18.4 Å². The predicted octanol–water partition coefficient (Wildman–Crippen LogP) is 1.80. The maximum Gasteiger partial charge on any atom is 0.230 e. The Kier molecular flexibility index (Phi) is 4.00. The number of likely N-dealkylation sites (tertiary alicyclic amines) is 1. The molecule has 2 aliphatic heterocycles. The van der Waals surface area contributed by atoms with Crippen molar-refractivity contribution in [1.82, 2.24) is 10.2 Å². The molecule has 108 valence electrons. The maximum atomic E-state index is 12.3. The highest BCUT2D eigenvalue weighted by Crippen LogP contribution is 2.48. The van der Waals surface area contributed by atoms with Gasteiger partial charge in [0.2, 0.25) is 11.8 Å². The lowest BCUT2D eigenvalue weighted by Gasteiger charge is -2.50. The second-order valence-electron chi connectivity index (χ2n) is 6.92. The van der Waals surface area contributed by atoms with Gasteiger partial charge in [0.1, 0.15) is 0 Å². The number of nitrogens with one attached hydrogen (secondary N) is 1. The Labute approximate surface area is 115 Å². The van der Waals surface area contributed by atoms with E-state index in [2.05, 4.69) is 38.0 Å². The number of carbonyl (C=O) groups is 2. The third-order valence-electron chi connectivity index (χ3n) is 4.95. The topological polar surface area (TPSA) is 49.4 Å². The minimum Gasteiger partial charge on any atom is -0.304 e. The molecule has 2 fully saturated rings. The van der Waals surface area contributed by atoms with Crippen molar-refractivity contribution in [2.24, 2.45) is 17.3 Å². The van der Waals surface area contributed by atoms with Gasteiger partial charge in [0.05, 0.1) is 0 Å². The third-order valence-corrected chi connectivity index (χ3v) is 4.95. The summed E-state index contributed by atoms with van der Waals surface area (Å²) in [7, 11) is 2.12. The van der Waals surface area contributed by atoms with Crippen LogP contribution in [-0.2, 0) is 9.59 Å². The summed E-state index contributed by atoms with van der Waals surface area (Å²) in [5.41, 5.74) is -0.102. The highest BCUT2D eigenvalue weighted by molar-refractivity contribution is 5.99. The number of hydrogen-bond acceptors (Lipinski definition) is 3. The van der Waals surface area contributed by atoms with E-state index in [1.54, 1.807) is 0 Å². The zero-order valence-corrected chi connectivity index (χ0v) is 12.5. The molecule has 3 atom stereocenters. The van der Waals surface area contributed by atoms with Gasteiger partial charge in [-0.1, -0.05) is 13.8 Å². The van der Waals surface area contributed by atoms with Gasteiger partial charge in [-0.25, -0.2) is 0 Å². The minimum atomic E-state index is -0.102. The Bertz CT molecular complexity index is 380. The van der Waals surface area contributed by atoms with E-state index < -0.39 is 0 Å². The fraction of sp³-hybridized carbons (Fsp3) is 0.867. The first-order valence-electron chi connectivity index (χ1n) is 7.38. The molecule has 0 radical (unpaired) electrons. The normalized spacial score (nSPS) is 36.9. The average Bonchev–Trinajstić information content (AvgIpc) is 2.29. The Hall–Kier alpha value is -0.900. The first kappa shape index (κ1) is 14.5. The molecule has 4 heteroatoms. The van der Waals surface area contributed by atoms with Gasteiger partial charge in [-0.3, -0.25) is 14.9 Å². The van der Waals surface area contributed by atoms with Crippen LogP contribution in [0.4, 0.5) is 0 Å². The van der Waals surface area contributed by atoms with Gasteiger partial charge in [-0.15, -0.1) is 0 Å². The fourth-order valence-electron chi connectivity index (χ4n) is 3.76. The van der Waals surface area contributed by atoms with Crippen molar-refractivity contribution in [2.45, 2.75) is 52.5 Å². The molecule has 3 unspecified atom stereocenters. The van der Waals surface area contributed by atoms with E-state index in [0.717, 1.165) is 25.8 Å². The molecule has 0 aromatic rings. The fourth-order valence-corrected chi connectivity index (χ4v) is 3.76. The summed E-state index contributed by atoms with van der Waals surface area (Å²) in [4.78, 5) is 26.4. The molecule has 0 aromatic carbocycles. The predicted molar refractivity (Wildman–Crippen MR) is 74.5 cm³/mol. The molecule has 1 spiro atoms. The van der Waals surface area contributed by atoms with Gasteiger partial charge in [-0.2, -0.15) is 0 Å². The molecule has 19 heavy (non-hydrogen) atoms. The summed E-state index contributed by atoms with van der Waals surface area (Å²) < 4.78 is 0. The summed E-state index contributed by atoms with van der Waals surface area (Å²) in [6.45, 7) is 7.48. The number of piperidine rings is 2. The van der Waals surface area contributed by atoms with Crippen LogP contribution in [-0.4, -0.2) is 36.3 Å². The first-order chi connectivity index (χ1) is 8.84. The van der Waals surface area contributed by atoms with Gasteiger partial charge in [-0.05, 0) is 51.1 Å². The standard InChI is InChI=1S/C15H26N2O2/c1-10(2)7-12-14(19)16-13(18)9-15(12)5-6-17(4)11(3)8-15/h10-12H,5-9H2,1-4H3,(H,16,18,19). The van der Waals surface area contributed by atoms with Crippen LogP contribution in [0, 0.1) is 17.3 Å². The minimum absolute atomic E-state index is 0.00125. The maximum absolute atomic E-state index is 12.3. The molecule has 0 saturated carbocycles. The average molecular weight is 266 g/mol. The van der Waals surface area contributed by atoms with Crippen LogP contribution >= 0.6 is 0 Å². The summed E-state index contributed by atoms with van der Waals surface area (Å²) in [5.74, 6) is 0.362. The van der Waals surface area contributed by atoms with Crippen molar-refractivity contribution >= 4 is 11.8 Å². The van der Waals surface area contributed by atoms with Gasteiger partial charge >= 0.3 is 0 Å². The molecule has 2 rings (SSSR count). The van der Waals surface area contributed by atoms with Crippen molar-refractivity contribution < 1.29 is 9.59 Å². The second-order valence-corrected chi connectivity index (χ2v) is 6.92. The van der Waals surface area contributed by atoms with Crippen LogP contribution in [0.2, 0.25) is 0 Å². The lowest BCUT2D eigenvalue weighted by molar-refractivity contribution is -0.148. The Morgan fingerprint density at radius 3 is 2.68 bits per heavy atom. The largest absolute Gasteiger partial charge is 0.304 e. The Morgan fingerprint density at radius 2 is 2.11 bits per heavy atom. The summed E-state index contributed by atoms with van der Waals surface area (Å²) >= 11 is 0. The molecule has 2 saturated heterocycles. The lowest BCUT2D eigenvalue weighted by Crippen LogP contribution is -2.57. The van der Waals surface area contributed by atoms with Crippen LogP contribution in [0.1, 0.15) is 46.5 Å². The quantitative estimate of drug-likeness (QED) is 0.775. The molecule has 2 amide bonds. The smallest absolute Gasteiger partial charge is 0.230 e. The second kappa shape index (κ2) is 5.23. The highest BCUT2D eigenvalue weighted by atomic mass is 16.2. The zero-order chi connectivity index (χ0) is 14.2. The van der Waals surface area contributed by atoms with Gasteiger partial charge in [0.25, 0.3) is 0 Å². The van der Waals surface area contributed by atoms with Crippen LogP contribution in [0.3, 0.4) is 0 Å². The van der Waals surface area contributed by atoms with E-state index in [9.17, 15) is 9.59 Å². The summed E-state index contributed by atoms with van der Waals surface area (Å²) in [5, 5.41) is 2.54. The molecule has 0 aliphatic carbocycles. The number of rotatable bonds is 2. The van der Waals surface area contributed by atoms with Gasteiger partial charge in [0.15, 0.2) is 0 Å². The molecular formula is C15H26N2O2. The summed E-state index contributed by atoms with van der Waals surface area (Å²) in [6.07, 6.45) is 3.33. The number of amides is 2. The zero-order valence-electron chi connectivity index (χ0n) is 12.5. The van der Waals surface area contributed by atoms with E-state index in [1.807, 2.05) is 0 Å². The van der Waals surface area contributed by atoms with E-state index in [-0.39, 0.29) is 23.1 Å². The van der Waals surface area contributed by atoms with Crippen molar-refractivity contribution in [3.05, 3.63) is 0 Å². The lowest BCUT2D eigenvalue weighted by atomic mass is 9.61. The number of imide groups is 1. The number of hydrogen-bond donors (Lipinski definition) is 1. The molecular weight excluding hydrogens is 240 g/mol. The first-order valence-corrected chi connectivity index (χ1v) is 7.38. The Morgan fingerprint density at radius 1 is 1.42 bits per heavy atom. The highest BCUT2D eigenvalue weighted by Gasteiger charge is 2.50. The molecule has 2 heterocycles. The molecule has 0 aromatic heterocycles. The monoisotopic (exact) mass is 266 g/mol. The van der Waals surface area contributed by atoms with Crippen molar-refractivity contribution in [1.29, 1.82) is 0 Å². The van der Waals surface area contributed by atoms with Crippen LogP contribution in [0.5, 0.6) is 0 Å². The number of nitrogens with zero attached hydrogens (tertiary/aromatic N) is 1. The Balaban J connectivity index is 2.26. The molecule has 1 N–H and O–H groups in total. The SMILES string of the molecule is CC(C)CC1C(=O)NC(=O)CC12CCN(C)C(C)C2. The van der Waals surface area contributed by atoms with Crippen molar-refractivity contribution in [3.63, 3.8) is 0 Å². The van der Waals surface area contributed by atoms with E-state index >= 15 is 0 Å². The van der Waals surface area contributed by atoms with Crippen LogP contribution in [0.25, 0.3) is 0 Å². The molecule has 2 aliphatic rings. The number of carbonyl (C=O) groups excluding carboxylic acids is 2. The van der Waals surface area contributed by atoms with E-state index in [1.165, 1.54) is 0 Å². The van der Waals surface area contributed by atoms with E-state index in [4.69, 9.17) is 0 Å². The van der Waals surface area contributed by atoms with Gasteiger partial charge < -0.3 is 4.90 Å². The molecule has 0 bridgehead atoms. The van der Waals surface area contributed by atoms with Crippen molar-refractivity contribution in [2.75, 3.05) is 13.6 Å². The van der Waals surface area contributed by atoms with Crippen molar-refractivity contribution in [3.8, 4) is 0 Å². The van der Waals surface area contributed by atoms with Crippen LogP contribution in [0.15, 0.2) is 0 Å². The van der Waals surface area contributed by atoms with Gasteiger partial charge in [0, 0.05) is 18.4 Å². The van der Waals surface area contributed by atoms with Crippen LogP contribution < -0.4 is 5.32 Å². The summed E-state index contributed by atoms with van der Waals surface area (Å²) in [6, 6.07) is 0.446. The third kappa shape index (κ3) is 2.83. The molecule has 4 nitrogen and oxygen atoms in total.